The van der Waals surface area contributed by atoms with Crippen molar-refractivity contribution in [2.24, 2.45) is 0 Å². The number of hydrogen-bond acceptors (Lipinski definition) is 2. The van der Waals surface area contributed by atoms with Crippen LogP contribution in [-0.2, 0) is 16.6 Å². The third kappa shape index (κ3) is 3.78. The van der Waals surface area contributed by atoms with Crippen LogP contribution in [0.25, 0.3) is 0 Å². The van der Waals surface area contributed by atoms with Crippen LogP contribution in [0, 0.1) is 18.6 Å². The first-order valence-corrected chi connectivity index (χ1v) is 7.85. The van der Waals surface area contributed by atoms with Gasteiger partial charge in [-0.25, -0.2) is 21.9 Å². The van der Waals surface area contributed by atoms with Gasteiger partial charge in [0, 0.05) is 11.6 Å². The fourth-order valence-corrected chi connectivity index (χ4v) is 3.27. The molecule has 0 aliphatic carbocycles. The van der Waals surface area contributed by atoms with Crippen LogP contribution >= 0.6 is 11.6 Å². The van der Waals surface area contributed by atoms with Gasteiger partial charge in [0.15, 0.2) is 0 Å². The van der Waals surface area contributed by atoms with Gasteiger partial charge in [0.05, 0.1) is 4.90 Å². The Bertz CT molecular complexity index is 779. The molecule has 1 N–H and O–H groups in total. The highest BCUT2D eigenvalue weighted by atomic mass is 35.5. The first-order chi connectivity index (χ1) is 9.79. The number of benzene rings is 2. The van der Waals surface area contributed by atoms with Gasteiger partial charge < -0.3 is 0 Å². The lowest BCUT2D eigenvalue weighted by molar-refractivity contribution is 0.576. The molecule has 2 aromatic rings. The Morgan fingerprint density at radius 1 is 1.10 bits per heavy atom. The molecule has 0 heterocycles. The van der Waals surface area contributed by atoms with E-state index < -0.39 is 21.7 Å². The molecule has 3 nitrogen and oxygen atoms in total. The Hall–Kier alpha value is -1.50. The van der Waals surface area contributed by atoms with Crippen LogP contribution in [0.5, 0.6) is 0 Å². The molecule has 21 heavy (non-hydrogen) atoms. The predicted octanol–water partition coefficient (Wildman–Crippen LogP) is 3.41. The lowest BCUT2D eigenvalue weighted by atomic mass is 10.2. The molecule has 112 valence electrons. The van der Waals surface area contributed by atoms with Gasteiger partial charge >= 0.3 is 0 Å². The van der Waals surface area contributed by atoms with Gasteiger partial charge in [-0.1, -0.05) is 23.7 Å². The van der Waals surface area contributed by atoms with Crippen LogP contribution in [0.2, 0.25) is 5.02 Å². The topological polar surface area (TPSA) is 46.2 Å². The number of nitrogens with one attached hydrogen (secondary N) is 1. The monoisotopic (exact) mass is 331 g/mol. The lowest BCUT2D eigenvalue weighted by Crippen LogP contribution is -2.24. The average Bonchev–Trinajstić information content (AvgIpc) is 2.40. The zero-order valence-corrected chi connectivity index (χ0v) is 12.6. The van der Waals surface area contributed by atoms with E-state index in [1.54, 1.807) is 6.92 Å². The summed E-state index contributed by atoms with van der Waals surface area (Å²) in [6, 6.07) is 7.18. The maximum absolute atomic E-state index is 13.2. The van der Waals surface area contributed by atoms with Gasteiger partial charge in [-0.05, 0) is 42.3 Å². The van der Waals surface area contributed by atoms with Crippen molar-refractivity contribution in [2.75, 3.05) is 0 Å². The minimum Gasteiger partial charge on any atom is -0.207 e. The summed E-state index contributed by atoms with van der Waals surface area (Å²) in [5.41, 5.74) is 0.852. The Labute approximate surface area is 126 Å². The zero-order chi connectivity index (χ0) is 15.6. The van der Waals surface area contributed by atoms with E-state index in [1.165, 1.54) is 24.3 Å². The molecule has 0 bridgehead atoms. The average molecular weight is 332 g/mol. The minimum atomic E-state index is -3.88. The molecule has 0 fully saturated rings. The van der Waals surface area contributed by atoms with Crippen molar-refractivity contribution in [3.8, 4) is 0 Å². The summed E-state index contributed by atoms with van der Waals surface area (Å²) in [5, 5.41) is 0.119. The normalized spacial score (nSPS) is 11.6. The predicted molar refractivity (Wildman–Crippen MR) is 76.6 cm³/mol. The van der Waals surface area contributed by atoms with Crippen molar-refractivity contribution in [2.45, 2.75) is 18.4 Å². The second-order valence-electron chi connectivity index (χ2n) is 4.47. The maximum atomic E-state index is 13.2. The fraction of sp³-hybridized carbons (Fsp3) is 0.143. The quantitative estimate of drug-likeness (QED) is 0.933. The molecule has 2 aromatic carbocycles. The van der Waals surface area contributed by atoms with Crippen molar-refractivity contribution < 1.29 is 17.2 Å². The second-order valence-corrected chi connectivity index (χ2v) is 6.61. The Balaban J connectivity index is 2.24. The van der Waals surface area contributed by atoms with Gasteiger partial charge in [0.25, 0.3) is 0 Å². The molecule has 0 saturated heterocycles. The standard InChI is InChI=1S/C14H12ClF2NO2S/c1-9-2-4-12(17)7-14(9)21(19,20)18-8-10-3-5-11(16)6-13(10)15/h2-7,18H,8H2,1H3. The van der Waals surface area contributed by atoms with E-state index in [4.69, 9.17) is 11.6 Å². The lowest BCUT2D eigenvalue weighted by Gasteiger charge is -2.10. The van der Waals surface area contributed by atoms with Crippen molar-refractivity contribution in [3.05, 3.63) is 64.2 Å². The molecule has 0 radical (unpaired) electrons. The van der Waals surface area contributed by atoms with Crippen molar-refractivity contribution in [1.82, 2.24) is 4.72 Å². The molecule has 0 aromatic heterocycles. The third-order valence-electron chi connectivity index (χ3n) is 2.91. The van der Waals surface area contributed by atoms with E-state index >= 15 is 0 Å². The molecule has 0 aliphatic heterocycles. The molecule has 0 spiro atoms. The smallest absolute Gasteiger partial charge is 0.207 e. The van der Waals surface area contributed by atoms with E-state index in [2.05, 4.69) is 4.72 Å². The molecule has 0 saturated carbocycles. The summed E-state index contributed by atoms with van der Waals surface area (Å²) in [4.78, 5) is -0.138. The molecular weight excluding hydrogens is 320 g/mol. The SMILES string of the molecule is Cc1ccc(F)cc1S(=O)(=O)NCc1ccc(F)cc1Cl. The molecule has 0 aliphatic rings. The largest absolute Gasteiger partial charge is 0.241 e. The van der Waals surface area contributed by atoms with E-state index in [9.17, 15) is 17.2 Å². The van der Waals surface area contributed by atoms with Crippen LogP contribution in [0.4, 0.5) is 8.78 Å². The van der Waals surface area contributed by atoms with E-state index in [-0.39, 0.29) is 16.5 Å². The van der Waals surface area contributed by atoms with E-state index in [0.717, 1.165) is 12.1 Å². The molecule has 0 atom stereocenters. The van der Waals surface area contributed by atoms with Crippen molar-refractivity contribution in [1.29, 1.82) is 0 Å². The summed E-state index contributed by atoms with van der Waals surface area (Å²) in [6.45, 7) is 1.45. The summed E-state index contributed by atoms with van der Waals surface area (Å²) >= 11 is 5.83. The van der Waals surface area contributed by atoms with Gasteiger partial charge in [0.2, 0.25) is 10.0 Å². The van der Waals surface area contributed by atoms with Crippen LogP contribution < -0.4 is 4.72 Å². The Morgan fingerprint density at radius 2 is 1.71 bits per heavy atom. The first-order valence-electron chi connectivity index (χ1n) is 5.99. The summed E-state index contributed by atoms with van der Waals surface area (Å²) in [7, 11) is -3.88. The Kier molecular flexibility index (Phi) is 4.61. The third-order valence-corrected chi connectivity index (χ3v) is 4.80. The highest BCUT2D eigenvalue weighted by Gasteiger charge is 2.18. The first kappa shape index (κ1) is 15.9. The molecular formula is C14H12ClF2NO2S. The fourth-order valence-electron chi connectivity index (χ4n) is 1.78. The summed E-state index contributed by atoms with van der Waals surface area (Å²) in [6.07, 6.45) is 0. The van der Waals surface area contributed by atoms with Gasteiger partial charge in [-0.2, -0.15) is 0 Å². The highest BCUT2D eigenvalue weighted by molar-refractivity contribution is 7.89. The summed E-state index contributed by atoms with van der Waals surface area (Å²) < 4.78 is 52.8. The van der Waals surface area contributed by atoms with Crippen molar-refractivity contribution in [3.63, 3.8) is 0 Å². The van der Waals surface area contributed by atoms with Gasteiger partial charge in [-0.15, -0.1) is 0 Å². The molecule has 0 unspecified atom stereocenters. The van der Waals surface area contributed by atoms with E-state index in [1.807, 2.05) is 0 Å². The zero-order valence-electron chi connectivity index (χ0n) is 11.0. The van der Waals surface area contributed by atoms with E-state index in [0.29, 0.717) is 11.1 Å². The van der Waals surface area contributed by atoms with Gasteiger partial charge in [-0.3, -0.25) is 0 Å². The molecule has 2 rings (SSSR count). The highest BCUT2D eigenvalue weighted by Crippen LogP contribution is 2.20. The van der Waals surface area contributed by atoms with Crippen LogP contribution in [0.1, 0.15) is 11.1 Å². The molecule has 0 amide bonds. The summed E-state index contributed by atoms with van der Waals surface area (Å²) in [5.74, 6) is -1.15. The Morgan fingerprint density at radius 3 is 2.38 bits per heavy atom. The maximum Gasteiger partial charge on any atom is 0.241 e. The number of aryl methyl sites for hydroxylation is 1. The molecule has 7 heteroatoms. The van der Waals surface area contributed by atoms with Crippen LogP contribution in [-0.4, -0.2) is 8.42 Å². The van der Waals surface area contributed by atoms with Gasteiger partial charge in [0.1, 0.15) is 11.6 Å². The minimum absolute atomic E-state index is 0.114. The second kappa shape index (κ2) is 6.09. The number of rotatable bonds is 4. The van der Waals surface area contributed by atoms with Crippen LogP contribution in [0.15, 0.2) is 41.3 Å². The van der Waals surface area contributed by atoms with Crippen LogP contribution in [0.3, 0.4) is 0 Å². The number of sulfonamides is 1. The number of halogens is 3. The van der Waals surface area contributed by atoms with Crippen molar-refractivity contribution >= 4 is 21.6 Å². The number of hydrogen-bond donors (Lipinski definition) is 1.